The maximum absolute atomic E-state index is 13.4. The number of aryl methyl sites for hydroxylation is 1. The van der Waals surface area contributed by atoms with Crippen molar-refractivity contribution in [2.75, 3.05) is 5.32 Å². The Bertz CT molecular complexity index is 1510. The fraction of sp³-hybridized carbons (Fsp3) is 0.192. The average molecular weight is 455 g/mol. The largest absolute Gasteiger partial charge is 0.359 e. The van der Waals surface area contributed by atoms with Crippen LogP contribution in [0.4, 0.5) is 5.82 Å². The van der Waals surface area contributed by atoms with Crippen molar-refractivity contribution in [1.29, 1.82) is 0 Å². The molecule has 1 N–H and O–H groups in total. The number of hydrogen-bond donors (Lipinski definition) is 1. The van der Waals surface area contributed by atoms with E-state index < -0.39 is 17.3 Å². The summed E-state index contributed by atoms with van der Waals surface area (Å²) in [5.74, 6) is 0.458. The van der Waals surface area contributed by atoms with Crippen molar-refractivity contribution in [2.24, 2.45) is 14.1 Å². The van der Waals surface area contributed by atoms with Crippen LogP contribution >= 0.6 is 0 Å². The molecule has 0 radical (unpaired) electrons. The van der Waals surface area contributed by atoms with E-state index in [4.69, 9.17) is 4.98 Å². The highest BCUT2D eigenvalue weighted by atomic mass is 16.2. The van der Waals surface area contributed by atoms with Crippen molar-refractivity contribution in [3.63, 3.8) is 0 Å². The highest BCUT2D eigenvalue weighted by Crippen LogP contribution is 2.24. The molecule has 0 spiro atoms. The summed E-state index contributed by atoms with van der Waals surface area (Å²) in [4.78, 5) is 43.0. The molecule has 2 aromatic heterocycles. The van der Waals surface area contributed by atoms with Crippen molar-refractivity contribution in [1.82, 2.24) is 14.1 Å². The van der Waals surface area contributed by atoms with Crippen LogP contribution in [0.15, 0.2) is 82.6 Å². The molecule has 0 fully saturated rings. The molecule has 0 saturated heterocycles. The summed E-state index contributed by atoms with van der Waals surface area (Å²) >= 11 is 0. The Morgan fingerprint density at radius 2 is 1.65 bits per heavy atom. The Morgan fingerprint density at radius 3 is 2.35 bits per heavy atom. The first kappa shape index (κ1) is 21.5. The van der Waals surface area contributed by atoms with Crippen LogP contribution in [-0.4, -0.2) is 26.1 Å². The number of rotatable bonds is 5. The number of aromatic nitrogens is 4. The molecule has 8 heteroatoms. The number of fused-ring (bicyclic) bond motifs is 1. The van der Waals surface area contributed by atoms with E-state index in [0.717, 1.165) is 21.4 Å². The molecule has 0 bridgehead atoms. The second kappa shape index (κ2) is 8.55. The molecule has 3 heterocycles. The van der Waals surface area contributed by atoms with E-state index in [1.807, 2.05) is 60.7 Å². The van der Waals surface area contributed by atoms with Crippen LogP contribution in [0.2, 0.25) is 0 Å². The second-order valence-corrected chi connectivity index (χ2v) is 8.47. The highest BCUT2D eigenvalue weighted by Gasteiger charge is 2.41. The van der Waals surface area contributed by atoms with Gasteiger partial charge >= 0.3 is 17.4 Å². The summed E-state index contributed by atoms with van der Waals surface area (Å²) in [5, 5.41) is 3.30. The number of nitrogens with one attached hydrogen (secondary N) is 1. The van der Waals surface area contributed by atoms with E-state index in [1.165, 1.54) is 17.8 Å². The zero-order valence-corrected chi connectivity index (χ0v) is 18.9. The fourth-order valence-corrected chi connectivity index (χ4v) is 4.32. The van der Waals surface area contributed by atoms with Gasteiger partial charge in [-0.1, -0.05) is 60.7 Å². The lowest BCUT2D eigenvalue weighted by atomic mass is 10.1. The third-order valence-corrected chi connectivity index (χ3v) is 6.09. The average Bonchev–Trinajstić information content (AvgIpc) is 3.18. The smallest absolute Gasteiger partial charge is 0.303 e. The Labute approximate surface area is 195 Å². The Kier molecular flexibility index (Phi) is 5.41. The molecule has 5 rings (SSSR count). The Hall–Kier alpha value is -4.33. The number of carbonyl (C=O) groups excluding carboxylic acids is 1. The minimum Gasteiger partial charge on any atom is -0.303 e. The van der Waals surface area contributed by atoms with Gasteiger partial charge in [0.1, 0.15) is 17.6 Å². The first-order valence-electron chi connectivity index (χ1n) is 11.0. The quantitative estimate of drug-likeness (QED) is 0.464. The summed E-state index contributed by atoms with van der Waals surface area (Å²) in [6.07, 6.45) is 3.96. The van der Waals surface area contributed by atoms with E-state index in [-0.39, 0.29) is 12.3 Å². The lowest BCUT2D eigenvalue weighted by molar-refractivity contribution is -0.552. The molecule has 34 heavy (non-hydrogen) atoms. The van der Waals surface area contributed by atoms with Crippen LogP contribution in [0.5, 0.6) is 0 Å². The molecule has 0 amide bonds. The van der Waals surface area contributed by atoms with Crippen molar-refractivity contribution in [2.45, 2.75) is 18.9 Å². The first-order valence-corrected chi connectivity index (χ1v) is 11.0. The van der Waals surface area contributed by atoms with Gasteiger partial charge in [0, 0.05) is 44.3 Å². The third kappa shape index (κ3) is 3.83. The van der Waals surface area contributed by atoms with Gasteiger partial charge in [-0.15, -0.1) is 0 Å². The number of hydrogen-bond acceptors (Lipinski definition) is 5. The summed E-state index contributed by atoms with van der Waals surface area (Å²) in [6.45, 7) is 0. The van der Waals surface area contributed by atoms with E-state index in [9.17, 15) is 14.4 Å². The number of benzene rings is 2. The van der Waals surface area contributed by atoms with Crippen molar-refractivity contribution < 1.29 is 9.36 Å². The molecule has 1 aliphatic heterocycles. The van der Waals surface area contributed by atoms with Gasteiger partial charge in [-0.05, 0) is 5.56 Å². The van der Waals surface area contributed by atoms with Crippen LogP contribution in [-0.2, 0) is 26.9 Å². The van der Waals surface area contributed by atoms with Crippen molar-refractivity contribution >= 4 is 11.7 Å². The monoisotopic (exact) mass is 454 g/mol. The van der Waals surface area contributed by atoms with Gasteiger partial charge in [0.15, 0.2) is 6.04 Å². The molecule has 1 unspecified atom stereocenters. The molecule has 0 saturated carbocycles. The fourth-order valence-electron chi connectivity index (χ4n) is 4.32. The van der Waals surface area contributed by atoms with E-state index in [1.54, 1.807) is 17.8 Å². The van der Waals surface area contributed by atoms with Gasteiger partial charge in [-0.2, -0.15) is 4.57 Å². The molecule has 2 aromatic carbocycles. The van der Waals surface area contributed by atoms with E-state index >= 15 is 0 Å². The minimum absolute atomic E-state index is 0.159. The molecule has 1 aliphatic rings. The second-order valence-electron chi connectivity index (χ2n) is 8.47. The molecule has 4 aromatic rings. The van der Waals surface area contributed by atoms with Crippen LogP contribution in [0, 0.1) is 0 Å². The third-order valence-electron chi connectivity index (χ3n) is 6.09. The predicted molar refractivity (Wildman–Crippen MR) is 128 cm³/mol. The predicted octanol–water partition coefficient (Wildman–Crippen LogP) is 1.70. The van der Waals surface area contributed by atoms with Crippen LogP contribution in [0.1, 0.15) is 21.6 Å². The van der Waals surface area contributed by atoms with Crippen LogP contribution in [0.25, 0.3) is 11.3 Å². The number of carbonyl (C=O) groups is 1. The van der Waals surface area contributed by atoms with Crippen LogP contribution < -0.4 is 21.1 Å². The van der Waals surface area contributed by atoms with Gasteiger partial charge in [-0.25, -0.2) is 14.6 Å². The Morgan fingerprint density at radius 1 is 0.971 bits per heavy atom. The van der Waals surface area contributed by atoms with Gasteiger partial charge in [0.2, 0.25) is 0 Å². The zero-order valence-electron chi connectivity index (χ0n) is 18.9. The summed E-state index contributed by atoms with van der Waals surface area (Å²) in [6, 6.07) is 19.0. The first-order chi connectivity index (χ1) is 16.4. The Balaban J connectivity index is 1.56. The maximum atomic E-state index is 13.4. The standard InChI is InChI=1S/C26H23N5O3/c1-29-15-19(24(32)30(2)26(29)34)14-21-25(33)31-16-22(18-11-7-4-8-12-18)27-20(23(31)28-21)13-17-9-5-3-6-10-17/h3-12,15-16,21H,13-14H2,1-2H3/p+1. The summed E-state index contributed by atoms with van der Waals surface area (Å²) in [7, 11) is 3.03. The van der Waals surface area contributed by atoms with Crippen LogP contribution in [0.3, 0.4) is 0 Å². The summed E-state index contributed by atoms with van der Waals surface area (Å²) < 4.78 is 4.02. The molecule has 170 valence electrons. The minimum atomic E-state index is -0.646. The molecule has 8 nitrogen and oxygen atoms in total. The molecule has 0 aliphatic carbocycles. The SMILES string of the molecule is Cn1cc(CC2Nc3c(Cc4ccccc4)nc(-c4ccccc4)c[n+]3C2=O)c(=O)n(C)c1=O. The van der Waals surface area contributed by atoms with Crippen molar-refractivity contribution in [3.8, 4) is 11.3 Å². The maximum Gasteiger partial charge on any atom is 0.359 e. The normalized spacial score (nSPS) is 14.6. The van der Waals surface area contributed by atoms with Crippen molar-refractivity contribution in [3.05, 3.63) is 111 Å². The van der Waals surface area contributed by atoms with Gasteiger partial charge < -0.3 is 4.57 Å². The molecular formula is C26H24N5O3+. The van der Waals surface area contributed by atoms with Gasteiger partial charge in [-0.3, -0.25) is 14.7 Å². The molecule has 1 atom stereocenters. The highest BCUT2D eigenvalue weighted by molar-refractivity contribution is 5.82. The zero-order chi connectivity index (χ0) is 23.8. The molecular weight excluding hydrogens is 430 g/mol. The van der Waals surface area contributed by atoms with Gasteiger partial charge in [0.05, 0.1) is 0 Å². The lowest BCUT2D eigenvalue weighted by Gasteiger charge is -2.08. The van der Waals surface area contributed by atoms with E-state index in [0.29, 0.717) is 23.5 Å². The lowest BCUT2D eigenvalue weighted by Crippen LogP contribution is -2.45. The number of nitrogens with zero attached hydrogens (tertiary/aromatic N) is 4. The van der Waals surface area contributed by atoms with Gasteiger partial charge in [0.25, 0.3) is 5.56 Å². The number of anilines is 1. The van der Waals surface area contributed by atoms with E-state index in [2.05, 4.69) is 5.32 Å². The topological polar surface area (TPSA) is 89.9 Å². The summed E-state index contributed by atoms with van der Waals surface area (Å²) in [5.41, 5.74) is 3.03.